The number of anilines is 1. The van der Waals surface area contributed by atoms with E-state index in [0.29, 0.717) is 41.5 Å². The molecule has 1 aliphatic heterocycles. The van der Waals surface area contributed by atoms with Crippen LogP contribution >= 0.6 is 0 Å². The highest BCUT2D eigenvalue weighted by Gasteiger charge is 2.27. The molecule has 136 valence electrons. The Morgan fingerprint density at radius 1 is 1.15 bits per heavy atom. The summed E-state index contributed by atoms with van der Waals surface area (Å²) < 4.78 is 16.0. The highest BCUT2D eigenvalue weighted by atomic mass is 16.5. The van der Waals surface area contributed by atoms with Crippen molar-refractivity contribution in [3.05, 3.63) is 48.0 Å². The fraction of sp³-hybridized carbons (Fsp3) is 0.263. The maximum atomic E-state index is 12.3. The Bertz CT molecular complexity index is 821. The zero-order chi connectivity index (χ0) is 18.5. The van der Waals surface area contributed by atoms with Gasteiger partial charge >= 0.3 is 0 Å². The van der Waals surface area contributed by atoms with E-state index in [1.807, 2.05) is 12.1 Å². The van der Waals surface area contributed by atoms with Gasteiger partial charge in [0.1, 0.15) is 5.75 Å². The topological polar surface area (TPSA) is 85.9 Å². The zero-order valence-electron chi connectivity index (χ0n) is 14.6. The lowest BCUT2D eigenvalue weighted by molar-refractivity contribution is -0.123. The Kier molecular flexibility index (Phi) is 5.26. The molecule has 7 nitrogen and oxygen atoms in total. The van der Waals surface area contributed by atoms with E-state index in [-0.39, 0.29) is 11.8 Å². The highest BCUT2D eigenvalue weighted by Crippen LogP contribution is 2.29. The maximum Gasteiger partial charge on any atom is 0.265 e. The lowest BCUT2D eigenvalue weighted by atomic mass is 10.1. The molecule has 0 saturated carbocycles. The zero-order valence-corrected chi connectivity index (χ0v) is 14.6. The van der Waals surface area contributed by atoms with E-state index in [1.54, 1.807) is 30.3 Å². The van der Waals surface area contributed by atoms with Gasteiger partial charge in [0.2, 0.25) is 0 Å². The van der Waals surface area contributed by atoms with E-state index in [1.165, 1.54) is 14.2 Å². The summed E-state index contributed by atoms with van der Waals surface area (Å²) in [5, 5.41) is 5.58. The van der Waals surface area contributed by atoms with E-state index in [4.69, 9.17) is 14.2 Å². The van der Waals surface area contributed by atoms with Crippen LogP contribution in [0.3, 0.4) is 0 Å². The van der Waals surface area contributed by atoms with Crippen LogP contribution in [-0.4, -0.2) is 38.7 Å². The minimum atomic E-state index is -0.643. The van der Waals surface area contributed by atoms with Crippen LogP contribution in [0.4, 0.5) is 5.69 Å². The number of hydrogen-bond donors (Lipinski definition) is 2. The predicted octanol–water partition coefficient (Wildman–Crippen LogP) is 2.22. The number of amides is 2. The third-order valence-corrected chi connectivity index (χ3v) is 4.04. The molecular weight excluding hydrogens is 336 g/mol. The summed E-state index contributed by atoms with van der Waals surface area (Å²) in [6.45, 7) is 0.299. The van der Waals surface area contributed by atoms with Gasteiger partial charge in [-0.15, -0.1) is 0 Å². The molecule has 0 spiro atoms. The van der Waals surface area contributed by atoms with Crippen molar-refractivity contribution in [3.63, 3.8) is 0 Å². The lowest BCUT2D eigenvalue weighted by Gasteiger charge is -2.25. The molecule has 1 unspecified atom stereocenters. The number of hydrogen-bond acceptors (Lipinski definition) is 5. The quantitative estimate of drug-likeness (QED) is 0.829. The molecule has 2 aromatic carbocycles. The molecule has 0 aliphatic carbocycles. The molecule has 2 aromatic rings. The fourth-order valence-corrected chi connectivity index (χ4v) is 2.68. The lowest BCUT2D eigenvalue weighted by Crippen LogP contribution is -2.39. The summed E-state index contributed by atoms with van der Waals surface area (Å²) in [6.07, 6.45) is -0.283. The number of ether oxygens (including phenoxy) is 3. The number of nitrogens with one attached hydrogen (secondary N) is 2. The molecule has 26 heavy (non-hydrogen) atoms. The Morgan fingerprint density at radius 3 is 2.69 bits per heavy atom. The summed E-state index contributed by atoms with van der Waals surface area (Å²) in [5.41, 5.74) is 1.10. The van der Waals surface area contributed by atoms with E-state index in [9.17, 15) is 9.59 Å². The molecule has 0 saturated heterocycles. The van der Waals surface area contributed by atoms with Crippen molar-refractivity contribution in [1.82, 2.24) is 5.32 Å². The van der Waals surface area contributed by atoms with Gasteiger partial charge in [-0.25, -0.2) is 0 Å². The minimum absolute atomic E-state index is 0.218. The maximum absolute atomic E-state index is 12.3. The number of carbonyl (C=O) groups is 2. The largest absolute Gasteiger partial charge is 0.493 e. The number of rotatable bonds is 6. The summed E-state index contributed by atoms with van der Waals surface area (Å²) in [6, 6.07) is 12.2. The van der Waals surface area contributed by atoms with E-state index in [2.05, 4.69) is 10.6 Å². The van der Waals surface area contributed by atoms with Crippen LogP contribution in [-0.2, 0) is 4.79 Å². The average Bonchev–Trinajstić information content (AvgIpc) is 2.67. The van der Waals surface area contributed by atoms with E-state index >= 15 is 0 Å². The Labute approximate surface area is 151 Å². The number of fused-ring (bicyclic) bond motifs is 1. The van der Waals surface area contributed by atoms with Gasteiger partial charge < -0.3 is 24.8 Å². The molecule has 0 fully saturated rings. The SMILES string of the molecule is COc1ccc(C(=O)NCCC2Oc3ccccc3NC2=O)cc1OC. The first-order valence-electron chi connectivity index (χ1n) is 8.19. The van der Waals surface area contributed by atoms with Gasteiger partial charge in [-0.2, -0.15) is 0 Å². The first-order chi connectivity index (χ1) is 12.6. The van der Waals surface area contributed by atoms with Crippen LogP contribution < -0.4 is 24.8 Å². The van der Waals surface area contributed by atoms with Crippen molar-refractivity contribution in [3.8, 4) is 17.2 Å². The molecule has 2 N–H and O–H groups in total. The van der Waals surface area contributed by atoms with Gasteiger partial charge in [-0.1, -0.05) is 12.1 Å². The van der Waals surface area contributed by atoms with Crippen molar-refractivity contribution in [2.45, 2.75) is 12.5 Å². The van der Waals surface area contributed by atoms with Crippen LogP contribution in [0.25, 0.3) is 0 Å². The van der Waals surface area contributed by atoms with Gasteiger partial charge in [0, 0.05) is 18.5 Å². The fourth-order valence-electron chi connectivity index (χ4n) is 2.68. The standard InChI is InChI=1S/C19H20N2O5/c1-24-15-8-7-12(11-17(15)25-2)18(22)20-10-9-16-19(23)21-13-5-3-4-6-14(13)26-16/h3-8,11,16H,9-10H2,1-2H3,(H,20,22)(H,21,23). The first kappa shape index (κ1) is 17.6. The molecule has 2 amide bonds. The second kappa shape index (κ2) is 7.77. The first-order valence-corrected chi connectivity index (χ1v) is 8.19. The van der Waals surface area contributed by atoms with Crippen molar-refractivity contribution in [2.75, 3.05) is 26.1 Å². The summed E-state index contributed by atoms with van der Waals surface area (Å²) in [7, 11) is 3.04. The normalized spacial score (nSPS) is 15.3. The summed E-state index contributed by atoms with van der Waals surface area (Å²) >= 11 is 0. The number of carbonyl (C=O) groups excluding carboxylic acids is 2. The van der Waals surface area contributed by atoms with Crippen molar-refractivity contribution < 1.29 is 23.8 Å². The van der Waals surface area contributed by atoms with Gasteiger partial charge in [-0.3, -0.25) is 9.59 Å². The van der Waals surface area contributed by atoms with Gasteiger partial charge in [0.05, 0.1) is 19.9 Å². The Balaban J connectivity index is 1.56. The molecule has 0 radical (unpaired) electrons. The number of benzene rings is 2. The second-order valence-corrected chi connectivity index (χ2v) is 5.71. The van der Waals surface area contributed by atoms with Crippen molar-refractivity contribution >= 4 is 17.5 Å². The van der Waals surface area contributed by atoms with Gasteiger partial charge in [-0.05, 0) is 30.3 Å². The molecule has 0 aromatic heterocycles. The smallest absolute Gasteiger partial charge is 0.265 e. The van der Waals surface area contributed by atoms with Crippen LogP contribution in [0.1, 0.15) is 16.8 Å². The van der Waals surface area contributed by atoms with Crippen LogP contribution in [0, 0.1) is 0 Å². The van der Waals surface area contributed by atoms with Crippen LogP contribution in [0.2, 0.25) is 0 Å². The summed E-state index contributed by atoms with van der Waals surface area (Å²) in [5.74, 6) is 1.18. The Morgan fingerprint density at radius 2 is 1.92 bits per heavy atom. The minimum Gasteiger partial charge on any atom is -0.493 e. The van der Waals surface area contributed by atoms with Crippen molar-refractivity contribution in [1.29, 1.82) is 0 Å². The second-order valence-electron chi connectivity index (χ2n) is 5.71. The van der Waals surface area contributed by atoms with Crippen LogP contribution in [0.5, 0.6) is 17.2 Å². The monoisotopic (exact) mass is 356 g/mol. The van der Waals surface area contributed by atoms with Crippen LogP contribution in [0.15, 0.2) is 42.5 Å². The van der Waals surface area contributed by atoms with E-state index in [0.717, 1.165) is 0 Å². The van der Waals surface area contributed by atoms with Gasteiger partial charge in [0.15, 0.2) is 17.6 Å². The third-order valence-electron chi connectivity index (χ3n) is 4.04. The number of methoxy groups -OCH3 is 2. The van der Waals surface area contributed by atoms with E-state index < -0.39 is 6.10 Å². The Hall–Kier alpha value is -3.22. The molecular formula is C19H20N2O5. The molecule has 0 bridgehead atoms. The number of para-hydroxylation sites is 2. The molecule has 1 heterocycles. The molecule has 1 atom stereocenters. The predicted molar refractivity (Wildman–Crippen MR) is 96.0 cm³/mol. The average molecular weight is 356 g/mol. The summed E-state index contributed by atoms with van der Waals surface area (Å²) in [4.78, 5) is 24.4. The van der Waals surface area contributed by atoms with Gasteiger partial charge in [0.25, 0.3) is 11.8 Å². The molecule has 7 heteroatoms. The molecule has 1 aliphatic rings. The molecule has 3 rings (SSSR count). The third kappa shape index (κ3) is 3.72. The van der Waals surface area contributed by atoms with Crippen molar-refractivity contribution in [2.24, 2.45) is 0 Å². The highest BCUT2D eigenvalue weighted by molar-refractivity contribution is 5.98.